The predicted octanol–water partition coefficient (Wildman–Crippen LogP) is 19.9. The second kappa shape index (κ2) is 20.7. The molecule has 0 unspecified atom stereocenters. The van der Waals surface area contributed by atoms with E-state index in [0.29, 0.717) is 29.0 Å². The molecule has 0 radical (unpaired) electrons. The van der Waals surface area contributed by atoms with Crippen molar-refractivity contribution in [1.29, 1.82) is 0 Å². The Labute approximate surface area is 400 Å². The Kier molecular flexibility index (Phi) is 15.2. The van der Waals surface area contributed by atoms with E-state index in [2.05, 4.69) is 141 Å². The molecule has 0 N–H and O–H groups in total. The molecule has 6 heterocycles. The average Bonchev–Trinajstić information content (AvgIpc) is 4.09. The molecule has 0 aliphatic rings. The van der Waals surface area contributed by atoms with Crippen LogP contribution in [0.25, 0.3) is 78.9 Å². The fourth-order valence-electron chi connectivity index (χ4n) is 8.85. The molecule has 0 saturated heterocycles. The summed E-state index contributed by atoms with van der Waals surface area (Å²) in [7, 11) is 0. The Bertz CT molecular complexity index is 2820. The van der Waals surface area contributed by atoms with Crippen LogP contribution in [0.15, 0.2) is 80.4 Å². The third-order valence-electron chi connectivity index (χ3n) is 12.1. The van der Waals surface area contributed by atoms with Crippen LogP contribution in [0.3, 0.4) is 0 Å². The van der Waals surface area contributed by atoms with Gasteiger partial charge in [0.25, 0.3) is 0 Å². The first-order chi connectivity index (χ1) is 29.4. The summed E-state index contributed by atoms with van der Waals surface area (Å²) in [5.41, 5.74) is 0. The number of unbranched alkanes of at least 4 members (excludes halogenated alkanes) is 14. The molecule has 0 saturated carbocycles. The van der Waals surface area contributed by atoms with Crippen molar-refractivity contribution in [3.8, 4) is 0 Å². The fourth-order valence-corrected chi connectivity index (χ4v) is 19.7. The number of fused-ring (bicyclic) bond motifs is 10. The number of aryl methyl sites for hydroxylation is 2. The van der Waals surface area contributed by atoms with E-state index in [-0.39, 0.29) is 0 Å². The zero-order chi connectivity index (χ0) is 41.0. The number of benzene rings is 4. The zero-order valence-corrected chi connectivity index (χ0v) is 44.7. The van der Waals surface area contributed by atoms with E-state index in [9.17, 15) is 0 Å². The SMILES string of the molecule is Brc1cc2cc3c(cc2s1)[se]c1cc2sc(Br)cc2cc13.CCCCCCCCCCc1cc2cc3c(cc2s1)[se]c1cc2sc(CCCCCCCCCC)cc2cc13. The van der Waals surface area contributed by atoms with Crippen LogP contribution in [0.4, 0.5) is 0 Å². The number of rotatable bonds is 18. The van der Waals surface area contributed by atoms with Gasteiger partial charge in [0.1, 0.15) is 0 Å². The summed E-state index contributed by atoms with van der Waals surface area (Å²) in [6.45, 7) is 4.60. The van der Waals surface area contributed by atoms with Crippen LogP contribution in [-0.4, -0.2) is 29.0 Å². The first-order valence-electron chi connectivity index (χ1n) is 22.4. The Morgan fingerprint density at radius 2 is 0.650 bits per heavy atom. The van der Waals surface area contributed by atoms with Crippen molar-refractivity contribution in [3.05, 3.63) is 90.1 Å². The Morgan fingerprint density at radius 1 is 0.350 bits per heavy atom. The molecular weight excluding hydrogens is 1070 g/mol. The fraction of sp³-hybridized carbons (Fsp3) is 0.385. The van der Waals surface area contributed by atoms with Gasteiger partial charge in [0.05, 0.1) is 0 Å². The van der Waals surface area contributed by atoms with E-state index in [0.717, 1.165) is 0 Å². The molecule has 4 aromatic carbocycles. The van der Waals surface area contributed by atoms with Crippen LogP contribution in [0.2, 0.25) is 0 Å². The quantitative estimate of drug-likeness (QED) is 0.0593. The molecule has 0 nitrogen and oxygen atoms in total. The molecule has 0 bridgehead atoms. The van der Waals surface area contributed by atoms with Crippen molar-refractivity contribution < 1.29 is 0 Å². The van der Waals surface area contributed by atoms with Gasteiger partial charge in [-0.2, -0.15) is 0 Å². The summed E-state index contributed by atoms with van der Waals surface area (Å²) < 4.78 is 14.5. The maximum absolute atomic E-state index is 3.60. The van der Waals surface area contributed by atoms with Gasteiger partial charge in [0.15, 0.2) is 0 Å². The van der Waals surface area contributed by atoms with Gasteiger partial charge >= 0.3 is 365 Å². The van der Waals surface area contributed by atoms with E-state index in [1.807, 2.05) is 22.7 Å². The molecule has 10 aromatic rings. The first kappa shape index (κ1) is 43.9. The summed E-state index contributed by atoms with van der Waals surface area (Å²) in [6.07, 6.45) is 25.0. The second-order valence-electron chi connectivity index (χ2n) is 16.7. The number of halogens is 2. The van der Waals surface area contributed by atoms with Crippen molar-refractivity contribution in [2.24, 2.45) is 0 Å². The minimum absolute atomic E-state index is 0.431. The molecule has 0 spiro atoms. The topological polar surface area (TPSA) is 0 Å². The second-order valence-corrected chi connectivity index (χ2v) is 28.5. The van der Waals surface area contributed by atoms with Crippen LogP contribution in [-0.2, 0) is 12.8 Å². The maximum atomic E-state index is 3.60. The third-order valence-corrected chi connectivity index (χ3v) is 22.3. The normalized spacial score (nSPS) is 12.2. The predicted molar refractivity (Wildman–Crippen MR) is 286 cm³/mol. The van der Waals surface area contributed by atoms with Crippen molar-refractivity contribution in [2.75, 3.05) is 0 Å². The van der Waals surface area contributed by atoms with E-state index < -0.39 is 0 Å². The van der Waals surface area contributed by atoms with Crippen LogP contribution in [0.1, 0.15) is 126 Å². The summed E-state index contributed by atoms with van der Waals surface area (Å²) in [4.78, 5) is 3.18. The Morgan fingerprint density at radius 3 is 1.00 bits per heavy atom. The van der Waals surface area contributed by atoms with Crippen molar-refractivity contribution in [1.82, 2.24) is 0 Å². The van der Waals surface area contributed by atoms with Crippen molar-refractivity contribution in [3.63, 3.8) is 0 Å². The molecule has 6 aromatic heterocycles. The molecule has 0 amide bonds. The zero-order valence-electron chi connectivity index (χ0n) is 34.9. The van der Waals surface area contributed by atoms with Crippen LogP contribution >= 0.6 is 77.2 Å². The Balaban J connectivity index is 0.000000183. The van der Waals surface area contributed by atoms with E-state index >= 15 is 0 Å². The molecule has 8 heteroatoms. The van der Waals surface area contributed by atoms with Gasteiger partial charge < -0.3 is 0 Å². The monoisotopic (exact) mass is 1120 g/mol. The minimum atomic E-state index is 0.431. The summed E-state index contributed by atoms with van der Waals surface area (Å²) in [6, 6.07) is 29.1. The van der Waals surface area contributed by atoms with Crippen molar-refractivity contribution in [2.45, 2.75) is 129 Å². The van der Waals surface area contributed by atoms with Gasteiger partial charge in [0.2, 0.25) is 0 Å². The summed E-state index contributed by atoms with van der Waals surface area (Å²) >= 11 is 15.8. The standard InChI is InChI=1S/C36H48S2Se.C16H6Br2S2Se/c1-3-5-7-9-11-13-15-17-19-29-21-27-23-31-32-24-28-22-30(20-18-16-14-12-10-8-6-4-2)38-34(28)26-36(32)39-35(31)25-33(27)37-29;17-15-3-7-1-9-10-2-8-4-16(18)20-12(8)6-14(10)21-13(9)5-11(7)19-15/h21-26H,3-20H2,1-2H3;1-6H. The van der Waals surface area contributed by atoms with E-state index in [1.165, 1.54) is 194 Å². The van der Waals surface area contributed by atoms with Gasteiger partial charge in [0, 0.05) is 0 Å². The summed E-state index contributed by atoms with van der Waals surface area (Å²) in [5, 5.41) is 11.6. The molecule has 0 atom stereocenters. The van der Waals surface area contributed by atoms with Gasteiger partial charge in [-0.3, -0.25) is 0 Å². The van der Waals surface area contributed by atoms with Crippen molar-refractivity contribution >= 4 is 185 Å². The van der Waals surface area contributed by atoms with Crippen LogP contribution in [0, 0.1) is 0 Å². The van der Waals surface area contributed by atoms with E-state index in [1.54, 1.807) is 18.3 Å². The van der Waals surface area contributed by atoms with Gasteiger partial charge in [-0.05, 0) is 0 Å². The molecule has 0 aliphatic carbocycles. The average molecular weight is 1120 g/mol. The number of hydrogen-bond donors (Lipinski definition) is 0. The van der Waals surface area contributed by atoms with Gasteiger partial charge in [-0.1, -0.05) is 39.5 Å². The molecule has 60 heavy (non-hydrogen) atoms. The van der Waals surface area contributed by atoms with Crippen LogP contribution < -0.4 is 0 Å². The summed E-state index contributed by atoms with van der Waals surface area (Å²) in [5.74, 6) is 0. The molecule has 312 valence electrons. The van der Waals surface area contributed by atoms with E-state index in [4.69, 9.17) is 0 Å². The molecular formula is C52H54Br2S4Se2. The number of thiophene rings is 4. The van der Waals surface area contributed by atoms with Gasteiger partial charge in [-0.15, -0.1) is 0 Å². The Hall–Kier alpha value is -1.28. The first-order valence-corrected chi connectivity index (χ1v) is 30.7. The molecule has 10 rings (SSSR count). The number of hydrogen-bond acceptors (Lipinski definition) is 4. The van der Waals surface area contributed by atoms with Gasteiger partial charge in [-0.25, -0.2) is 0 Å². The molecule has 0 fully saturated rings. The molecule has 0 aliphatic heterocycles. The van der Waals surface area contributed by atoms with Crippen LogP contribution in [0.5, 0.6) is 0 Å². The third kappa shape index (κ3) is 10.3.